The Morgan fingerprint density at radius 3 is 1.93 bits per heavy atom. The van der Waals surface area contributed by atoms with Gasteiger partial charge in [-0.05, 0) is 65.8 Å². The standard InChI is InChI=1S/C25H26F9N5O/c1-14(36-37-38(2)35)39(12-15-8-19(24(29,30)31)11-20(9-15)25(32,33)34)13-17-10-18(23(26,27)28)6-7-21(17)22(40-3)16-4-5-16/h6-11,16,22H,1,4-5,12-13,35H2,2-3H3. The van der Waals surface area contributed by atoms with Gasteiger partial charge in [-0.15, -0.1) is 5.11 Å². The fraction of sp³-hybridized carbons (Fsp3) is 0.440. The van der Waals surface area contributed by atoms with Gasteiger partial charge < -0.3 is 9.64 Å². The van der Waals surface area contributed by atoms with Crippen LogP contribution in [0, 0.1) is 5.92 Å². The summed E-state index contributed by atoms with van der Waals surface area (Å²) < 4.78 is 127. The van der Waals surface area contributed by atoms with Crippen LogP contribution < -0.4 is 5.84 Å². The Morgan fingerprint density at radius 2 is 1.48 bits per heavy atom. The van der Waals surface area contributed by atoms with Crippen LogP contribution in [0.1, 0.15) is 52.3 Å². The molecule has 1 atom stereocenters. The summed E-state index contributed by atoms with van der Waals surface area (Å²) in [5, 5.41) is 8.04. The first kappa shape index (κ1) is 31.2. The van der Waals surface area contributed by atoms with Gasteiger partial charge >= 0.3 is 18.5 Å². The zero-order valence-electron chi connectivity index (χ0n) is 21.3. The van der Waals surface area contributed by atoms with Crippen molar-refractivity contribution in [3.05, 3.63) is 82.2 Å². The molecular formula is C25H26F9N5O. The van der Waals surface area contributed by atoms with E-state index in [1.165, 1.54) is 20.2 Å². The summed E-state index contributed by atoms with van der Waals surface area (Å²) in [7, 11) is 2.68. The number of rotatable bonds is 10. The number of hydrogen-bond donors (Lipinski definition) is 1. The van der Waals surface area contributed by atoms with Crippen molar-refractivity contribution in [3.63, 3.8) is 0 Å². The van der Waals surface area contributed by atoms with Crippen molar-refractivity contribution in [3.8, 4) is 0 Å². The Bertz CT molecular complexity index is 1200. The molecule has 1 saturated carbocycles. The summed E-state index contributed by atoms with van der Waals surface area (Å²) in [4.78, 5) is 1.11. The molecule has 0 radical (unpaired) electrons. The minimum absolute atomic E-state index is 0.0184. The lowest BCUT2D eigenvalue weighted by molar-refractivity contribution is -0.143. The molecule has 0 spiro atoms. The van der Waals surface area contributed by atoms with Crippen molar-refractivity contribution in [2.45, 2.75) is 50.6 Å². The van der Waals surface area contributed by atoms with E-state index in [0.717, 1.165) is 35.0 Å². The van der Waals surface area contributed by atoms with Crippen LogP contribution in [0.5, 0.6) is 0 Å². The lowest BCUT2D eigenvalue weighted by Gasteiger charge is -2.28. The summed E-state index contributed by atoms with van der Waals surface area (Å²) in [6.45, 7) is 2.61. The molecule has 1 aliphatic carbocycles. The van der Waals surface area contributed by atoms with E-state index in [0.29, 0.717) is 17.7 Å². The van der Waals surface area contributed by atoms with Crippen molar-refractivity contribution in [1.29, 1.82) is 0 Å². The molecule has 2 N–H and O–H groups in total. The van der Waals surface area contributed by atoms with Gasteiger partial charge in [0.15, 0.2) is 0 Å². The van der Waals surface area contributed by atoms with Crippen molar-refractivity contribution in [2.75, 3.05) is 14.2 Å². The maximum Gasteiger partial charge on any atom is 0.416 e. The Morgan fingerprint density at radius 1 is 0.925 bits per heavy atom. The summed E-state index contributed by atoms with van der Waals surface area (Å²) in [5.41, 5.74) is -4.04. The third-order valence-corrected chi connectivity index (χ3v) is 6.13. The van der Waals surface area contributed by atoms with Crippen LogP contribution in [0.2, 0.25) is 0 Å². The lowest BCUT2D eigenvalue weighted by Crippen LogP contribution is -2.24. The average Bonchev–Trinajstić information content (AvgIpc) is 3.66. The quantitative estimate of drug-likeness (QED) is 0.136. The molecule has 40 heavy (non-hydrogen) atoms. The number of ether oxygens (including phenoxy) is 1. The smallest absolute Gasteiger partial charge is 0.376 e. The average molecular weight is 583 g/mol. The molecule has 0 aliphatic heterocycles. The van der Waals surface area contributed by atoms with Crippen molar-refractivity contribution >= 4 is 0 Å². The highest BCUT2D eigenvalue weighted by atomic mass is 19.4. The van der Waals surface area contributed by atoms with Crippen LogP contribution >= 0.6 is 0 Å². The summed E-state index contributed by atoms with van der Waals surface area (Å²) in [6, 6.07) is 4.04. The molecule has 0 amide bonds. The first-order valence-corrected chi connectivity index (χ1v) is 11.7. The topological polar surface area (TPSA) is 66.5 Å². The molecule has 220 valence electrons. The van der Waals surface area contributed by atoms with E-state index in [-0.39, 0.29) is 23.4 Å². The molecule has 6 nitrogen and oxygen atoms in total. The van der Waals surface area contributed by atoms with E-state index in [2.05, 4.69) is 16.9 Å². The molecule has 0 aromatic heterocycles. The van der Waals surface area contributed by atoms with Gasteiger partial charge in [-0.2, -0.15) is 39.5 Å². The SMILES string of the molecule is C=C(N=NN(C)N)N(Cc1cc(C(F)(F)F)cc(C(F)(F)F)c1)Cc1cc(C(F)(F)F)ccc1C(OC)C1CC1. The van der Waals surface area contributed by atoms with Crippen LogP contribution in [0.15, 0.2) is 59.1 Å². The third-order valence-electron chi connectivity index (χ3n) is 6.13. The van der Waals surface area contributed by atoms with Crippen molar-refractivity contribution in [1.82, 2.24) is 10.0 Å². The highest BCUT2D eigenvalue weighted by Gasteiger charge is 2.38. The minimum atomic E-state index is -5.09. The number of nitrogens with zero attached hydrogens (tertiary/aromatic N) is 4. The van der Waals surface area contributed by atoms with E-state index < -0.39 is 60.0 Å². The zero-order valence-corrected chi connectivity index (χ0v) is 21.3. The molecule has 15 heteroatoms. The van der Waals surface area contributed by atoms with Gasteiger partial charge in [-0.1, -0.05) is 17.9 Å². The Labute approximate surface area is 223 Å². The molecule has 1 aliphatic rings. The minimum Gasteiger partial charge on any atom is -0.376 e. The number of hydrazine groups is 1. The second-order valence-electron chi connectivity index (χ2n) is 9.35. The molecule has 0 heterocycles. The zero-order chi connectivity index (χ0) is 30.0. The molecule has 0 saturated heterocycles. The van der Waals surface area contributed by atoms with Crippen LogP contribution in [0.4, 0.5) is 39.5 Å². The van der Waals surface area contributed by atoms with Crippen LogP contribution in [0.3, 0.4) is 0 Å². The number of nitrogens with two attached hydrogens (primary N) is 1. The number of halogens is 9. The second-order valence-corrected chi connectivity index (χ2v) is 9.35. The molecule has 0 bridgehead atoms. The van der Waals surface area contributed by atoms with Gasteiger partial charge in [0.25, 0.3) is 0 Å². The van der Waals surface area contributed by atoms with Gasteiger partial charge in [0.2, 0.25) is 0 Å². The summed E-state index contributed by atoms with van der Waals surface area (Å²) >= 11 is 0. The van der Waals surface area contributed by atoms with Gasteiger partial charge in [-0.25, -0.2) is 11.0 Å². The maximum atomic E-state index is 13.6. The summed E-state index contributed by atoms with van der Waals surface area (Å²) in [6.07, 6.45) is -13.9. The van der Waals surface area contributed by atoms with Gasteiger partial charge in [0, 0.05) is 27.2 Å². The van der Waals surface area contributed by atoms with Gasteiger partial charge in [0.1, 0.15) is 5.82 Å². The van der Waals surface area contributed by atoms with E-state index in [1.807, 2.05) is 0 Å². The molecule has 1 fully saturated rings. The normalized spacial score (nSPS) is 15.4. The van der Waals surface area contributed by atoms with Crippen molar-refractivity contribution in [2.24, 2.45) is 22.1 Å². The van der Waals surface area contributed by atoms with E-state index in [9.17, 15) is 39.5 Å². The number of alkyl halides is 9. The van der Waals surface area contributed by atoms with E-state index in [1.54, 1.807) is 0 Å². The van der Waals surface area contributed by atoms with E-state index >= 15 is 0 Å². The fourth-order valence-corrected chi connectivity index (χ4v) is 4.13. The Hall–Kier alpha value is -3.33. The number of hydrogen-bond acceptors (Lipinski definition) is 5. The molecule has 1 unspecified atom stereocenters. The Kier molecular flexibility index (Phi) is 9.09. The van der Waals surface area contributed by atoms with Crippen LogP contribution in [0.25, 0.3) is 0 Å². The highest BCUT2D eigenvalue weighted by Crippen LogP contribution is 2.45. The van der Waals surface area contributed by atoms with Gasteiger partial charge in [0.05, 0.1) is 22.8 Å². The lowest BCUT2D eigenvalue weighted by atomic mass is 9.96. The van der Waals surface area contributed by atoms with Crippen molar-refractivity contribution < 1.29 is 44.3 Å². The molecule has 2 aromatic rings. The highest BCUT2D eigenvalue weighted by molar-refractivity contribution is 5.37. The van der Waals surface area contributed by atoms with Crippen LogP contribution in [-0.2, 0) is 36.4 Å². The monoisotopic (exact) mass is 583 g/mol. The largest absolute Gasteiger partial charge is 0.416 e. The number of benzene rings is 2. The number of methoxy groups -OCH3 is 1. The maximum absolute atomic E-state index is 13.6. The Balaban J connectivity index is 2.12. The van der Waals surface area contributed by atoms with E-state index in [4.69, 9.17) is 10.6 Å². The van der Waals surface area contributed by atoms with Gasteiger partial charge in [-0.3, -0.25) is 0 Å². The third kappa shape index (κ3) is 8.10. The summed E-state index contributed by atoms with van der Waals surface area (Å²) in [5.74, 6) is 5.16. The first-order chi connectivity index (χ1) is 18.4. The first-order valence-electron chi connectivity index (χ1n) is 11.7. The van der Waals surface area contributed by atoms with Crippen LogP contribution in [-0.4, -0.2) is 24.2 Å². The fourth-order valence-electron chi connectivity index (χ4n) is 4.13. The second kappa shape index (κ2) is 11.6. The molecule has 3 rings (SSSR count). The molecule has 2 aromatic carbocycles. The molecular weight excluding hydrogens is 557 g/mol. The predicted molar refractivity (Wildman–Crippen MR) is 126 cm³/mol. The predicted octanol–water partition coefficient (Wildman–Crippen LogP) is 7.49.